The first-order valence-corrected chi connectivity index (χ1v) is 19.4. The summed E-state index contributed by atoms with van der Waals surface area (Å²) in [6.07, 6.45) is 1.43. The average Bonchev–Trinajstić information content (AvgIpc) is 3.72. The van der Waals surface area contributed by atoms with Crippen molar-refractivity contribution >= 4 is 43.5 Å². The standard InChI is InChI=1S/C37H30NO.C19H16N.Ir/c1-23-20-24(22-37(2,3)4)12-16-28(23)27-18-19-38-33(21-27)32-11-7-10-30-31-17-15-26-14-13-25-8-5-6-9-29(25)34(26)36(31)39-35(30)32;1-14-8-11-19(20-13-14)17-10-9-15(2)18(12-17)16-6-4-3-5-7-16;/h5-10,12-21H,22H2,1-4H3;3-9,11-13H,1-2H3;/q2*-1;/i1D3,22D2;1D2,2D3;. The molecule has 0 saturated carbocycles. The van der Waals surface area contributed by atoms with E-state index in [2.05, 4.69) is 58.5 Å². The molecule has 10 rings (SSSR count). The van der Waals surface area contributed by atoms with Crippen LogP contribution in [0.1, 0.15) is 56.7 Å². The van der Waals surface area contributed by atoms with Gasteiger partial charge in [-0.15, -0.1) is 47.5 Å². The van der Waals surface area contributed by atoms with Crippen molar-refractivity contribution in [1.29, 1.82) is 0 Å². The van der Waals surface area contributed by atoms with E-state index in [-0.39, 0.29) is 31.2 Å². The molecule has 0 saturated heterocycles. The van der Waals surface area contributed by atoms with E-state index in [9.17, 15) is 0 Å². The van der Waals surface area contributed by atoms with Gasteiger partial charge in [0, 0.05) is 57.0 Å². The molecule has 1 radical (unpaired) electrons. The molecular formula is C56H46IrN2O-2. The van der Waals surface area contributed by atoms with E-state index in [0.717, 1.165) is 43.5 Å². The molecule has 3 nitrogen and oxygen atoms in total. The van der Waals surface area contributed by atoms with Crippen LogP contribution in [0.25, 0.3) is 88.3 Å². The molecule has 10 aromatic rings. The van der Waals surface area contributed by atoms with E-state index in [4.69, 9.17) is 18.1 Å². The molecule has 3 aromatic heterocycles. The summed E-state index contributed by atoms with van der Waals surface area (Å²) in [4.78, 5) is 8.94. The molecular weight excluding hydrogens is 909 g/mol. The van der Waals surface area contributed by atoms with Crippen molar-refractivity contribution < 1.29 is 38.2 Å². The second-order valence-electron chi connectivity index (χ2n) is 15.6. The predicted octanol–water partition coefficient (Wildman–Crippen LogP) is 15.1. The minimum Gasteiger partial charge on any atom is -0.500 e. The number of nitrogens with zero attached hydrogens (tertiary/aromatic N) is 2. The number of aromatic nitrogens is 2. The van der Waals surface area contributed by atoms with E-state index in [1.807, 2.05) is 81.4 Å². The second-order valence-corrected chi connectivity index (χ2v) is 15.6. The number of hydrogen-bond donors (Lipinski definition) is 0. The van der Waals surface area contributed by atoms with Crippen LogP contribution in [0.15, 0.2) is 162 Å². The fourth-order valence-electron chi connectivity index (χ4n) is 7.58. The third kappa shape index (κ3) is 8.19. The molecule has 0 bridgehead atoms. The van der Waals surface area contributed by atoms with Gasteiger partial charge in [0.2, 0.25) is 0 Å². The molecule has 0 aliphatic carbocycles. The first kappa shape index (κ1) is 29.9. The van der Waals surface area contributed by atoms with Gasteiger partial charge in [-0.1, -0.05) is 159 Å². The summed E-state index contributed by atoms with van der Waals surface area (Å²) in [5, 5.41) is 6.37. The number of hydrogen-bond acceptors (Lipinski definition) is 3. The Balaban J connectivity index is 0.000000216. The quantitative estimate of drug-likeness (QED) is 0.127. The summed E-state index contributed by atoms with van der Waals surface area (Å²) in [7, 11) is 0. The molecule has 7 aromatic carbocycles. The van der Waals surface area contributed by atoms with Crippen LogP contribution in [0.5, 0.6) is 0 Å². The Morgan fingerprint density at radius 2 is 1.45 bits per heavy atom. The number of rotatable bonds is 5. The van der Waals surface area contributed by atoms with Gasteiger partial charge in [-0.05, 0) is 92.5 Å². The van der Waals surface area contributed by atoms with Crippen molar-refractivity contribution in [2.75, 3.05) is 0 Å². The average molecular weight is 965 g/mol. The Bertz CT molecular complexity index is 3520. The normalized spacial score (nSPS) is 14.6. The Kier molecular flexibility index (Phi) is 8.39. The Morgan fingerprint density at radius 1 is 0.650 bits per heavy atom. The smallest absolute Gasteiger partial charge is 0.129 e. The Labute approximate surface area is 380 Å². The maximum Gasteiger partial charge on any atom is 0.129 e. The zero-order chi connectivity index (χ0) is 49.0. The molecule has 0 aliphatic rings. The number of pyridine rings is 2. The zero-order valence-electron chi connectivity index (χ0n) is 43.2. The molecule has 0 spiro atoms. The first-order chi connectivity index (χ1) is 32.7. The second kappa shape index (κ2) is 16.8. The van der Waals surface area contributed by atoms with Crippen LogP contribution in [-0.4, -0.2) is 9.97 Å². The fraction of sp³-hybridized carbons (Fsp3) is 0.143. The van der Waals surface area contributed by atoms with Crippen LogP contribution < -0.4 is 0 Å². The van der Waals surface area contributed by atoms with E-state index < -0.39 is 32.4 Å². The molecule has 0 amide bonds. The predicted molar refractivity (Wildman–Crippen MR) is 248 cm³/mol. The summed E-state index contributed by atoms with van der Waals surface area (Å²) in [6.45, 7) is -0.329. The Hall–Kier alpha value is -6.19. The van der Waals surface area contributed by atoms with Crippen LogP contribution >= 0.6 is 0 Å². The minimum absolute atomic E-state index is 0. The van der Waals surface area contributed by atoms with Crippen molar-refractivity contribution in [3.8, 4) is 44.8 Å². The van der Waals surface area contributed by atoms with Gasteiger partial charge in [-0.3, -0.25) is 0 Å². The molecule has 4 heteroatoms. The summed E-state index contributed by atoms with van der Waals surface area (Å²) >= 11 is 0. The summed E-state index contributed by atoms with van der Waals surface area (Å²) in [5.74, 6) is 0. The van der Waals surface area contributed by atoms with Crippen LogP contribution in [0.4, 0.5) is 0 Å². The van der Waals surface area contributed by atoms with Gasteiger partial charge < -0.3 is 14.4 Å². The maximum absolute atomic E-state index is 8.72. The van der Waals surface area contributed by atoms with Gasteiger partial charge in [-0.25, -0.2) is 0 Å². The van der Waals surface area contributed by atoms with Gasteiger partial charge in [0.1, 0.15) is 5.58 Å². The van der Waals surface area contributed by atoms with Gasteiger partial charge in [0.05, 0.1) is 5.58 Å². The van der Waals surface area contributed by atoms with E-state index in [1.54, 1.807) is 42.6 Å². The third-order valence-electron chi connectivity index (χ3n) is 10.3. The zero-order valence-corrected chi connectivity index (χ0v) is 35.6. The molecule has 0 N–H and O–H groups in total. The number of furan rings is 1. The van der Waals surface area contributed by atoms with Gasteiger partial charge in [0.15, 0.2) is 0 Å². The molecule has 0 atom stereocenters. The van der Waals surface area contributed by atoms with Crippen molar-refractivity contribution in [1.82, 2.24) is 9.97 Å². The van der Waals surface area contributed by atoms with Gasteiger partial charge in [0.25, 0.3) is 0 Å². The number of aryl methyl sites for hydroxylation is 3. The number of fused-ring (bicyclic) bond motifs is 7. The fourth-order valence-corrected chi connectivity index (χ4v) is 7.58. The van der Waals surface area contributed by atoms with Crippen molar-refractivity contribution in [2.45, 2.75) is 47.7 Å². The first-order valence-electron chi connectivity index (χ1n) is 24.6. The SMILES string of the molecule is [2H]C([2H])([2H])c1cc(C([2H])([2H])C(C)(C)C)ccc1-c1ccnc(-c2[c-]ccc3c2oc2c3ccc3ccc4ccccc4c32)c1.[2H]C([2H])c1ccc(-c2[c-]cc(C([2H])([2H])[2H])c(-c3ccccc3)c2)nc1.[Ir]. The molecule has 0 unspecified atom stereocenters. The van der Waals surface area contributed by atoms with Crippen LogP contribution in [0, 0.1) is 38.1 Å². The number of benzene rings is 7. The van der Waals surface area contributed by atoms with Gasteiger partial charge in [-0.2, -0.15) is 0 Å². The van der Waals surface area contributed by atoms with Crippen LogP contribution in [0.2, 0.25) is 0 Å². The summed E-state index contributed by atoms with van der Waals surface area (Å²) in [5.41, 5.74) is 7.15. The van der Waals surface area contributed by atoms with Crippen molar-refractivity contribution in [3.63, 3.8) is 0 Å². The van der Waals surface area contributed by atoms with Crippen molar-refractivity contribution in [3.05, 3.63) is 192 Å². The molecule has 297 valence electrons. The van der Waals surface area contributed by atoms with E-state index in [0.29, 0.717) is 55.9 Å². The molecule has 60 heavy (non-hydrogen) atoms. The molecule has 0 fully saturated rings. The summed E-state index contributed by atoms with van der Waals surface area (Å²) < 4.78 is 87.1. The molecule has 3 heterocycles. The van der Waals surface area contributed by atoms with E-state index in [1.165, 1.54) is 18.3 Å². The maximum atomic E-state index is 8.72. The van der Waals surface area contributed by atoms with Gasteiger partial charge >= 0.3 is 0 Å². The van der Waals surface area contributed by atoms with E-state index >= 15 is 0 Å². The molecule has 0 aliphatic heterocycles. The Morgan fingerprint density at radius 3 is 2.25 bits per heavy atom. The van der Waals surface area contributed by atoms with Crippen molar-refractivity contribution in [2.24, 2.45) is 5.41 Å². The topological polar surface area (TPSA) is 38.9 Å². The van der Waals surface area contributed by atoms with Crippen LogP contribution in [-0.2, 0) is 26.5 Å². The third-order valence-corrected chi connectivity index (χ3v) is 10.3. The van der Waals surface area contributed by atoms with Crippen LogP contribution in [0.3, 0.4) is 0 Å². The largest absolute Gasteiger partial charge is 0.500 e. The minimum atomic E-state index is -2.45. The monoisotopic (exact) mass is 965 g/mol. The summed E-state index contributed by atoms with van der Waals surface area (Å²) in [6, 6.07) is 51.5.